The third-order valence-electron chi connectivity index (χ3n) is 1.66. The van der Waals surface area contributed by atoms with Crippen molar-refractivity contribution in [1.29, 1.82) is 5.26 Å². The van der Waals surface area contributed by atoms with E-state index in [9.17, 15) is 0 Å². The van der Waals surface area contributed by atoms with Crippen molar-refractivity contribution in [3.8, 4) is 11.8 Å². The Labute approximate surface area is 84.7 Å². The number of benzene rings is 1. The van der Waals surface area contributed by atoms with E-state index >= 15 is 0 Å². The highest BCUT2D eigenvalue weighted by molar-refractivity contribution is 9.10. The van der Waals surface area contributed by atoms with Gasteiger partial charge < -0.3 is 9.84 Å². The average molecular weight is 242 g/mol. The van der Waals surface area contributed by atoms with Crippen molar-refractivity contribution in [3.05, 3.63) is 27.7 Å². The molecular formula is C9H8BrNO2. The summed E-state index contributed by atoms with van der Waals surface area (Å²) >= 11 is 3.24. The van der Waals surface area contributed by atoms with Gasteiger partial charge in [-0.25, -0.2) is 0 Å². The lowest BCUT2D eigenvalue weighted by atomic mass is 10.1. The van der Waals surface area contributed by atoms with E-state index in [4.69, 9.17) is 15.1 Å². The Morgan fingerprint density at radius 3 is 2.77 bits per heavy atom. The third-order valence-corrected chi connectivity index (χ3v) is 2.40. The van der Waals surface area contributed by atoms with Crippen molar-refractivity contribution in [2.45, 2.75) is 6.61 Å². The smallest absolute Gasteiger partial charge is 0.137 e. The quantitative estimate of drug-likeness (QED) is 0.860. The molecule has 3 nitrogen and oxygen atoms in total. The number of rotatable bonds is 2. The molecule has 0 atom stereocenters. The van der Waals surface area contributed by atoms with Crippen molar-refractivity contribution in [1.82, 2.24) is 0 Å². The molecule has 0 spiro atoms. The second-order valence-corrected chi connectivity index (χ2v) is 3.27. The lowest BCUT2D eigenvalue weighted by Gasteiger charge is -2.06. The molecule has 13 heavy (non-hydrogen) atoms. The molecule has 0 aliphatic heterocycles. The van der Waals surface area contributed by atoms with Crippen LogP contribution in [0.15, 0.2) is 16.6 Å². The van der Waals surface area contributed by atoms with E-state index in [0.717, 1.165) is 0 Å². The fourth-order valence-corrected chi connectivity index (χ4v) is 1.44. The molecule has 0 fully saturated rings. The van der Waals surface area contributed by atoms with Gasteiger partial charge in [-0.2, -0.15) is 5.26 Å². The van der Waals surface area contributed by atoms with Gasteiger partial charge in [0.05, 0.1) is 19.3 Å². The van der Waals surface area contributed by atoms with Gasteiger partial charge in [-0.15, -0.1) is 0 Å². The molecule has 1 rings (SSSR count). The molecule has 0 bridgehead atoms. The van der Waals surface area contributed by atoms with Crippen LogP contribution in [0.4, 0.5) is 0 Å². The van der Waals surface area contributed by atoms with E-state index in [0.29, 0.717) is 21.3 Å². The topological polar surface area (TPSA) is 53.2 Å². The number of halogens is 1. The Morgan fingerprint density at radius 2 is 2.31 bits per heavy atom. The van der Waals surface area contributed by atoms with Crippen molar-refractivity contribution in [3.63, 3.8) is 0 Å². The summed E-state index contributed by atoms with van der Waals surface area (Å²) in [5.41, 5.74) is 1.16. The van der Waals surface area contributed by atoms with Crippen LogP contribution in [0.1, 0.15) is 11.1 Å². The normalized spacial score (nSPS) is 9.38. The molecule has 1 aromatic rings. The van der Waals surface area contributed by atoms with Gasteiger partial charge >= 0.3 is 0 Å². The minimum atomic E-state index is -0.0807. The number of hydrogen-bond donors (Lipinski definition) is 1. The molecular weight excluding hydrogens is 234 g/mol. The molecule has 0 unspecified atom stereocenters. The molecule has 0 amide bonds. The number of ether oxygens (including phenoxy) is 1. The Kier molecular flexibility index (Phi) is 3.29. The van der Waals surface area contributed by atoms with Crippen LogP contribution in [-0.4, -0.2) is 12.2 Å². The number of nitrogens with zero attached hydrogens (tertiary/aromatic N) is 1. The molecule has 0 aliphatic carbocycles. The molecule has 4 heteroatoms. The number of nitriles is 1. The SMILES string of the molecule is COc1cc(CO)c(Br)cc1C#N. The number of aliphatic hydroxyl groups is 1. The fraction of sp³-hybridized carbons (Fsp3) is 0.222. The standard InChI is InChI=1S/C9H8BrNO2/c1-13-9-3-7(5-12)8(10)2-6(9)4-11/h2-3,12H,5H2,1H3. The molecule has 0 aliphatic rings. The zero-order valence-electron chi connectivity index (χ0n) is 7.04. The monoisotopic (exact) mass is 241 g/mol. The molecule has 0 radical (unpaired) electrons. The van der Waals surface area contributed by atoms with Crippen LogP contribution < -0.4 is 4.74 Å². The van der Waals surface area contributed by atoms with Gasteiger partial charge in [0.15, 0.2) is 0 Å². The van der Waals surface area contributed by atoms with Gasteiger partial charge in [0.2, 0.25) is 0 Å². The van der Waals surface area contributed by atoms with E-state index in [1.165, 1.54) is 7.11 Å². The Hall–Kier alpha value is -1.05. The second kappa shape index (κ2) is 4.26. The van der Waals surface area contributed by atoms with E-state index in [2.05, 4.69) is 15.9 Å². The van der Waals surface area contributed by atoms with E-state index in [1.54, 1.807) is 12.1 Å². The maximum absolute atomic E-state index is 8.93. The van der Waals surface area contributed by atoms with E-state index < -0.39 is 0 Å². The predicted molar refractivity (Wildman–Crippen MR) is 51.3 cm³/mol. The van der Waals surface area contributed by atoms with Crippen LogP contribution in [0, 0.1) is 11.3 Å². The summed E-state index contributed by atoms with van der Waals surface area (Å²) in [6.45, 7) is -0.0807. The third kappa shape index (κ3) is 2.00. The average Bonchev–Trinajstić information content (AvgIpc) is 2.17. The highest BCUT2D eigenvalue weighted by atomic mass is 79.9. The zero-order chi connectivity index (χ0) is 9.84. The van der Waals surface area contributed by atoms with Gasteiger partial charge in [-0.3, -0.25) is 0 Å². The maximum atomic E-state index is 8.93. The lowest BCUT2D eigenvalue weighted by molar-refractivity contribution is 0.280. The largest absolute Gasteiger partial charge is 0.495 e. The molecule has 0 aromatic heterocycles. The molecule has 0 heterocycles. The molecule has 1 aromatic carbocycles. The minimum Gasteiger partial charge on any atom is -0.495 e. The number of aliphatic hydroxyl groups excluding tert-OH is 1. The summed E-state index contributed by atoms with van der Waals surface area (Å²) < 4.78 is 5.69. The Balaban J connectivity index is 3.28. The first kappa shape index (κ1) is 10.0. The summed E-state index contributed by atoms with van der Waals surface area (Å²) in [5, 5.41) is 17.7. The summed E-state index contributed by atoms with van der Waals surface area (Å²) in [6.07, 6.45) is 0. The van der Waals surface area contributed by atoms with Crippen LogP contribution >= 0.6 is 15.9 Å². The summed E-state index contributed by atoms with van der Waals surface area (Å²) in [5.74, 6) is 0.481. The maximum Gasteiger partial charge on any atom is 0.137 e. The molecule has 68 valence electrons. The Bertz CT molecular complexity index is 357. The van der Waals surface area contributed by atoms with Crippen molar-refractivity contribution >= 4 is 15.9 Å². The van der Waals surface area contributed by atoms with Gasteiger partial charge in [0.25, 0.3) is 0 Å². The minimum absolute atomic E-state index is 0.0807. The predicted octanol–water partition coefficient (Wildman–Crippen LogP) is 1.82. The lowest BCUT2D eigenvalue weighted by Crippen LogP contribution is -1.92. The van der Waals surface area contributed by atoms with Gasteiger partial charge in [0.1, 0.15) is 11.8 Å². The van der Waals surface area contributed by atoms with Gasteiger partial charge in [-0.1, -0.05) is 15.9 Å². The van der Waals surface area contributed by atoms with Crippen LogP contribution in [0.25, 0.3) is 0 Å². The van der Waals surface area contributed by atoms with Gasteiger partial charge in [-0.05, 0) is 17.7 Å². The fourth-order valence-electron chi connectivity index (χ4n) is 0.973. The summed E-state index contributed by atoms with van der Waals surface area (Å²) in [6, 6.07) is 5.27. The molecule has 0 saturated carbocycles. The van der Waals surface area contributed by atoms with Crippen molar-refractivity contribution in [2.75, 3.05) is 7.11 Å². The summed E-state index contributed by atoms with van der Waals surface area (Å²) in [4.78, 5) is 0. The molecule has 0 saturated heterocycles. The van der Waals surface area contributed by atoms with E-state index in [-0.39, 0.29) is 6.61 Å². The van der Waals surface area contributed by atoms with E-state index in [1.807, 2.05) is 6.07 Å². The van der Waals surface area contributed by atoms with Crippen LogP contribution in [-0.2, 0) is 6.61 Å². The first-order valence-electron chi connectivity index (χ1n) is 3.60. The number of hydrogen-bond acceptors (Lipinski definition) is 3. The first-order chi connectivity index (χ1) is 6.22. The highest BCUT2D eigenvalue weighted by Gasteiger charge is 2.07. The van der Waals surface area contributed by atoms with Crippen LogP contribution in [0.2, 0.25) is 0 Å². The van der Waals surface area contributed by atoms with Crippen LogP contribution in [0.5, 0.6) is 5.75 Å². The first-order valence-corrected chi connectivity index (χ1v) is 4.39. The zero-order valence-corrected chi connectivity index (χ0v) is 8.63. The highest BCUT2D eigenvalue weighted by Crippen LogP contribution is 2.26. The second-order valence-electron chi connectivity index (χ2n) is 2.41. The van der Waals surface area contributed by atoms with Gasteiger partial charge in [0, 0.05) is 4.47 Å². The van der Waals surface area contributed by atoms with Crippen molar-refractivity contribution in [2.24, 2.45) is 0 Å². The van der Waals surface area contributed by atoms with Crippen molar-refractivity contribution < 1.29 is 9.84 Å². The molecule has 1 N–H and O–H groups in total. The Morgan fingerprint density at radius 1 is 1.62 bits per heavy atom. The van der Waals surface area contributed by atoms with Crippen LogP contribution in [0.3, 0.4) is 0 Å². The number of methoxy groups -OCH3 is 1. The summed E-state index contributed by atoms with van der Waals surface area (Å²) in [7, 11) is 1.49.